The normalized spacial score (nSPS) is 12.9. The maximum Gasteiger partial charge on any atom is 0.343 e. The van der Waals surface area contributed by atoms with Crippen LogP contribution in [0.3, 0.4) is 0 Å². The Morgan fingerprint density at radius 1 is 1.73 bits per heavy atom. The summed E-state index contributed by atoms with van der Waals surface area (Å²) in [6, 6.07) is 2.84. The van der Waals surface area contributed by atoms with Crippen molar-refractivity contribution >= 4 is 28.9 Å². The monoisotopic (exact) mass is 194 g/mol. The van der Waals surface area contributed by atoms with E-state index in [1.807, 2.05) is 0 Å². The standard InChI is InChI=1S/C6H4ClFO2S/c7-4-2-1-3(11-4)5(8)6(9)10/h1-2,5H,(H,9,10). The molecule has 0 aliphatic carbocycles. The number of carboxylic acid groups (broad SMARTS) is 1. The number of rotatable bonds is 2. The van der Waals surface area contributed by atoms with Gasteiger partial charge >= 0.3 is 5.97 Å². The summed E-state index contributed by atoms with van der Waals surface area (Å²) in [6.07, 6.45) is -1.95. The summed E-state index contributed by atoms with van der Waals surface area (Å²) in [5.74, 6) is -1.48. The molecule has 0 aliphatic rings. The third-order valence-corrected chi connectivity index (χ3v) is 2.33. The molecule has 1 aromatic heterocycles. The van der Waals surface area contributed by atoms with Crippen molar-refractivity contribution in [3.8, 4) is 0 Å². The third kappa shape index (κ3) is 1.91. The van der Waals surface area contributed by atoms with Crippen LogP contribution in [0.5, 0.6) is 0 Å². The highest BCUT2D eigenvalue weighted by Gasteiger charge is 2.19. The van der Waals surface area contributed by atoms with E-state index in [-0.39, 0.29) is 4.88 Å². The minimum absolute atomic E-state index is 0.127. The molecule has 1 unspecified atom stereocenters. The van der Waals surface area contributed by atoms with Gasteiger partial charge in [0.2, 0.25) is 6.17 Å². The van der Waals surface area contributed by atoms with Gasteiger partial charge in [0.05, 0.1) is 9.21 Å². The zero-order chi connectivity index (χ0) is 8.43. The van der Waals surface area contributed by atoms with Gasteiger partial charge in [-0.15, -0.1) is 11.3 Å². The number of alkyl halides is 1. The summed E-state index contributed by atoms with van der Waals surface area (Å²) in [5.41, 5.74) is 0. The maximum absolute atomic E-state index is 12.6. The van der Waals surface area contributed by atoms with Crippen molar-refractivity contribution in [1.82, 2.24) is 0 Å². The first-order chi connectivity index (χ1) is 5.11. The van der Waals surface area contributed by atoms with Crippen LogP contribution in [-0.2, 0) is 4.79 Å². The van der Waals surface area contributed by atoms with Crippen LogP contribution in [-0.4, -0.2) is 11.1 Å². The largest absolute Gasteiger partial charge is 0.479 e. The second-order valence-corrected chi connectivity index (χ2v) is 3.59. The van der Waals surface area contributed by atoms with Gasteiger partial charge in [0, 0.05) is 0 Å². The maximum atomic E-state index is 12.6. The SMILES string of the molecule is O=C(O)C(F)c1ccc(Cl)s1. The van der Waals surface area contributed by atoms with Crippen LogP contribution in [0.15, 0.2) is 12.1 Å². The van der Waals surface area contributed by atoms with Crippen molar-refractivity contribution in [1.29, 1.82) is 0 Å². The molecule has 0 spiro atoms. The Balaban J connectivity index is 2.84. The molecule has 11 heavy (non-hydrogen) atoms. The predicted octanol–water partition coefficient (Wildman–Crippen LogP) is 2.50. The topological polar surface area (TPSA) is 37.3 Å². The summed E-state index contributed by atoms with van der Waals surface area (Å²) in [6.45, 7) is 0. The van der Waals surface area contributed by atoms with E-state index in [0.29, 0.717) is 4.34 Å². The van der Waals surface area contributed by atoms with Gasteiger partial charge in [-0.2, -0.15) is 0 Å². The minimum Gasteiger partial charge on any atom is -0.479 e. The molecule has 5 heteroatoms. The molecule has 0 amide bonds. The molecule has 1 heterocycles. The van der Waals surface area contributed by atoms with Crippen molar-refractivity contribution in [3.63, 3.8) is 0 Å². The number of thiophene rings is 1. The Morgan fingerprint density at radius 3 is 2.73 bits per heavy atom. The van der Waals surface area contributed by atoms with Crippen molar-refractivity contribution < 1.29 is 14.3 Å². The predicted molar refractivity (Wildman–Crippen MR) is 40.8 cm³/mol. The molecule has 2 nitrogen and oxygen atoms in total. The average Bonchev–Trinajstić information content (AvgIpc) is 2.34. The second-order valence-electron chi connectivity index (χ2n) is 1.84. The molecule has 1 atom stereocenters. The number of aliphatic carboxylic acids is 1. The highest BCUT2D eigenvalue weighted by molar-refractivity contribution is 7.16. The van der Waals surface area contributed by atoms with Crippen molar-refractivity contribution in [2.45, 2.75) is 6.17 Å². The first-order valence-electron chi connectivity index (χ1n) is 2.73. The number of hydrogen-bond donors (Lipinski definition) is 1. The molecule has 60 valence electrons. The highest BCUT2D eigenvalue weighted by atomic mass is 35.5. The zero-order valence-corrected chi connectivity index (χ0v) is 6.82. The van der Waals surface area contributed by atoms with Gasteiger partial charge in [-0.1, -0.05) is 11.6 Å². The molecule has 0 saturated carbocycles. The second kappa shape index (κ2) is 3.19. The Hall–Kier alpha value is -0.610. The molecule has 0 bridgehead atoms. The first-order valence-corrected chi connectivity index (χ1v) is 3.93. The lowest BCUT2D eigenvalue weighted by atomic mass is 10.3. The quantitative estimate of drug-likeness (QED) is 0.786. The lowest BCUT2D eigenvalue weighted by Gasteiger charge is -1.95. The zero-order valence-electron chi connectivity index (χ0n) is 5.25. The summed E-state index contributed by atoms with van der Waals surface area (Å²) in [7, 11) is 0. The van der Waals surface area contributed by atoms with Crippen molar-refractivity contribution in [3.05, 3.63) is 21.3 Å². The highest BCUT2D eigenvalue weighted by Crippen LogP contribution is 2.28. The fraction of sp³-hybridized carbons (Fsp3) is 0.167. The van der Waals surface area contributed by atoms with E-state index in [0.717, 1.165) is 11.3 Å². The van der Waals surface area contributed by atoms with E-state index in [4.69, 9.17) is 16.7 Å². The third-order valence-electron chi connectivity index (χ3n) is 1.06. The van der Waals surface area contributed by atoms with E-state index >= 15 is 0 Å². The summed E-state index contributed by atoms with van der Waals surface area (Å²) in [5, 5.41) is 8.23. The van der Waals surface area contributed by atoms with Crippen LogP contribution >= 0.6 is 22.9 Å². The van der Waals surface area contributed by atoms with E-state index in [1.165, 1.54) is 12.1 Å². The van der Waals surface area contributed by atoms with Gasteiger partial charge in [0.25, 0.3) is 0 Å². The Kier molecular flexibility index (Phi) is 2.46. The Bertz CT molecular complexity index is 273. The van der Waals surface area contributed by atoms with Gasteiger partial charge in [0.15, 0.2) is 0 Å². The number of halogens is 2. The molecule has 0 saturated heterocycles. The van der Waals surface area contributed by atoms with Crippen LogP contribution in [0.1, 0.15) is 11.0 Å². The lowest BCUT2D eigenvalue weighted by Crippen LogP contribution is -2.03. The molecule has 0 aromatic carbocycles. The summed E-state index contributed by atoms with van der Waals surface area (Å²) < 4.78 is 13.0. The molecular weight excluding hydrogens is 191 g/mol. The van der Waals surface area contributed by atoms with Gasteiger partial charge in [-0.05, 0) is 12.1 Å². The van der Waals surface area contributed by atoms with Crippen LogP contribution in [0.2, 0.25) is 4.34 Å². The Labute approximate surface area is 71.2 Å². The molecule has 0 fully saturated rings. The van der Waals surface area contributed by atoms with Gasteiger partial charge in [0.1, 0.15) is 0 Å². The van der Waals surface area contributed by atoms with Gasteiger partial charge < -0.3 is 5.11 Å². The molecule has 1 aromatic rings. The first kappa shape index (κ1) is 8.49. The fourth-order valence-electron chi connectivity index (χ4n) is 0.586. The summed E-state index contributed by atoms with van der Waals surface area (Å²) in [4.78, 5) is 10.2. The van der Waals surface area contributed by atoms with Crippen LogP contribution in [0, 0.1) is 0 Å². The number of hydrogen-bond acceptors (Lipinski definition) is 2. The van der Waals surface area contributed by atoms with Gasteiger partial charge in [-0.3, -0.25) is 0 Å². The van der Waals surface area contributed by atoms with Crippen LogP contribution in [0.4, 0.5) is 4.39 Å². The lowest BCUT2D eigenvalue weighted by molar-refractivity contribution is -0.142. The number of carbonyl (C=O) groups is 1. The van der Waals surface area contributed by atoms with E-state index in [9.17, 15) is 9.18 Å². The van der Waals surface area contributed by atoms with E-state index in [2.05, 4.69) is 0 Å². The number of carboxylic acids is 1. The molecule has 0 aliphatic heterocycles. The van der Waals surface area contributed by atoms with Gasteiger partial charge in [-0.25, -0.2) is 9.18 Å². The minimum atomic E-state index is -1.95. The average molecular weight is 195 g/mol. The fourth-order valence-corrected chi connectivity index (χ4v) is 1.62. The Morgan fingerprint density at radius 2 is 2.36 bits per heavy atom. The smallest absolute Gasteiger partial charge is 0.343 e. The van der Waals surface area contributed by atoms with E-state index in [1.54, 1.807) is 0 Å². The summed E-state index contributed by atoms with van der Waals surface area (Å²) >= 11 is 6.40. The molecule has 0 radical (unpaired) electrons. The van der Waals surface area contributed by atoms with Crippen molar-refractivity contribution in [2.75, 3.05) is 0 Å². The molecular formula is C6H4ClFO2S. The van der Waals surface area contributed by atoms with Crippen molar-refractivity contribution in [2.24, 2.45) is 0 Å². The molecule has 1 N–H and O–H groups in total. The van der Waals surface area contributed by atoms with E-state index < -0.39 is 12.1 Å². The van der Waals surface area contributed by atoms with Crippen LogP contribution in [0.25, 0.3) is 0 Å². The molecule has 1 rings (SSSR count). The van der Waals surface area contributed by atoms with Crippen LogP contribution < -0.4 is 0 Å².